The summed E-state index contributed by atoms with van der Waals surface area (Å²) in [7, 11) is 0. The van der Waals surface area contributed by atoms with Crippen molar-refractivity contribution in [1.82, 2.24) is 0 Å². The summed E-state index contributed by atoms with van der Waals surface area (Å²) >= 11 is 5.84. The second-order valence-electron chi connectivity index (χ2n) is 3.99. The molecule has 0 amide bonds. The number of ether oxygens (including phenoxy) is 1. The lowest BCUT2D eigenvalue weighted by atomic mass is 10.1. The molecule has 0 aliphatic carbocycles. The van der Waals surface area contributed by atoms with Crippen LogP contribution in [0, 0.1) is 0 Å². The molecule has 0 aromatic carbocycles. The number of unbranched alkanes of at least 4 members (excludes halogenated alkanes) is 2. The Morgan fingerprint density at radius 1 is 1.31 bits per heavy atom. The first-order chi connectivity index (χ1) is 7.61. The standard InChI is InChI=1S/C12H22BrIO2/c1-3-4-5-8-12(16-10(2)15)11(14)7-6-9-13/h11-12H,3-9H2,1-2H3/t11-,12+/m0/s1. The highest BCUT2D eigenvalue weighted by Gasteiger charge is 2.20. The highest BCUT2D eigenvalue weighted by atomic mass is 127. The molecule has 0 aliphatic rings. The maximum absolute atomic E-state index is 11.0. The average Bonchev–Trinajstić information content (AvgIpc) is 2.24. The van der Waals surface area contributed by atoms with Crippen molar-refractivity contribution in [2.24, 2.45) is 0 Å². The molecule has 0 fully saturated rings. The molecule has 96 valence electrons. The summed E-state index contributed by atoms with van der Waals surface area (Å²) in [5.41, 5.74) is 0. The first-order valence-corrected chi connectivity index (χ1v) is 8.35. The molecule has 0 bridgehead atoms. The smallest absolute Gasteiger partial charge is 0.302 e. The van der Waals surface area contributed by atoms with Gasteiger partial charge in [-0.1, -0.05) is 58.3 Å². The third-order valence-corrected chi connectivity index (χ3v) is 4.41. The van der Waals surface area contributed by atoms with Crippen LogP contribution < -0.4 is 0 Å². The second kappa shape index (κ2) is 10.8. The summed E-state index contributed by atoms with van der Waals surface area (Å²) in [6.45, 7) is 3.69. The van der Waals surface area contributed by atoms with E-state index >= 15 is 0 Å². The van der Waals surface area contributed by atoms with Gasteiger partial charge in [0.25, 0.3) is 0 Å². The summed E-state index contributed by atoms with van der Waals surface area (Å²) in [6, 6.07) is 0. The Labute approximate surface area is 121 Å². The van der Waals surface area contributed by atoms with Crippen LogP contribution in [0.5, 0.6) is 0 Å². The zero-order chi connectivity index (χ0) is 12.4. The van der Waals surface area contributed by atoms with Gasteiger partial charge in [-0.3, -0.25) is 4.79 Å². The van der Waals surface area contributed by atoms with Gasteiger partial charge in [-0.2, -0.15) is 0 Å². The molecule has 0 radical (unpaired) electrons. The summed E-state index contributed by atoms with van der Waals surface area (Å²) in [6.07, 6.45) is 6.93. The van der Waals surface area contributed by atoms with E-state index in [1.165, 1.54) is 19.8 Å². The van der Waals surface area contributed by atoms with E-state index in [-0.39, 0.29) is 12.1 Å². The lowest BCUT2D eigenvalue weighted by Crippen LogP contribution is -2.26. The SMILES string of the molecule is CCCCC[C@@H](OC(C)=O)[C@@H](I)CCCBr. The van der Waals surface area contributed by atoms with E-state index in [2.05, 4.69) is 45.4 Å². The van der Waals surface area contributed by atoms with Crippen molar-refractivity contribution < 1.29 is 9.53 Å². The van der Waals surface area contributed by atoms with E-state index in [0.717, 1.165) is 31.0 Å². The first-order valence-electron chi connectivity index (χ1n) is 5.99. The molecule has 0 N–H and O–H groups in total. The molecule has 0 heterocycles. The molecule has 0 aromatic heterocycles. The Kier molecular flexibility index (Phi) is 11.3. The van der Waals surface area contributed by atoms with Gasteiger partial charge in [0.2, 0.25) is 0 Å². The molecular weight excluding hydrogens is 383 g/mol. The summed E-state index contributed by atoms with van der Waals surface area (Å²) in [5, 5.41) is 1.02. The van der Waals surface area contributed by atoms with Crippen LogP contribution in [-0.2, 0) is 9.53 Å². The van der Waals surface area contributed by atoms with E-state index in [0.29, 0.717) is 3.92 Å². The lowest BCUT2D eigenvalue weighted by molar-refractivity contribution is -0.146. The predicted molar refractivity (Wildman–Crippen MR) is 80.5 cm³/mol. The van der Waals surface area contributed by atoms with Gasteiger partial charge < -0.3 is 4.74 Å². The molecule has 0 saturated heterocycles. The van der Waals surface area contributed by atoms with Gasteiger partial charge in [0.05, 0.1) is 0 Å². The van der Waals surface area contributed by atoms with Crippen molar-refractivity contribution in [1.29, 1.82) is 0 Å². The zero-order valence-corrected chi connectivity index (χ0v) is 13.9. The Morgan fingerprint density at radius 2 is 2.00 bits per heavy atom. The molecule has 0 rings (SSSR count). The summed E-state index contributed by atoms with van der Waals surface area (Å²) in [5.74, 6) is -0.151. The first kappa shape index (κ1) is 16.7. The normalized spacial score (nSPS) is 14.5. The predicted octanol–water partition coefficient (Wildman–Crippen LogP) is 4.48. The van der Waals surface area contributed by atoms with Crippen molar-refractivity contribution in [2.75, 3.05) is 5.33 Å². The number of rotatable bonds is 9. The number of esters is 1. The molecule has 2 nitrogen and oxygen atoms in total. The van der Waals surface area contributed by atoms with Crippen LogP contribution >= 0.6 is 38.5 Å². The second-order valence-corrected chi connectivity index (χ2v) is 6.38. The number of carbonyl (C=O) groups is 1. The third-order valence-electron chi connectivity index (χ3n) is 2.43. The number of hydrogen-bond acceptors (Lipinski definition) is 2. The Morgan fingerprint density at radius 3 is 2.50 bits per heavy atom. The fourth-order valence-electron chi connectivity index (χ4n) is 1.58. The fraction of sp³-hybridized carbons (Fsp3) is 0.917. The number of alkyl halides is 2. The van der Waals surface area contributed by atoms with Crippen molar-refractivity contribution in [3.63, 3.8) is 0 Å². The van der Waals surface area contributed by atoms with Gasteiger partial charge >= 0.3 is 5.97 Å². The van der Waals surface area contributed by atoms with E-state index in [4.69, 9.17) is 4.74 Å². The van der Waals surface area contributed by atoms with Gasteiger partial charge in [0.15, 0.2) is 0 Å². The average molecular weight is 405 g/mol. The molecule has 2 atom stereocenters. The van der Waals surface area contributed by atoms with E-state index in [1.807, 2.05) is 0 Å². The topological polar surface area (TPSA) is 26.3 Å². The zero-order valence-electron chi connectivity index (χ0n) is 10.2. The highest BCUT2D eigenvalue weighted by Crippen LogP contribution is 2.22. The molecule has 0 aromatic rings. The van der Waals surface area contributed by atoms with Gasteiger partial charge in [-0.15, -0.1) is 0 Å². The van der Waals surface area contributed by atoms with Crippen molar-refractivity contribution in [3.05, 3.63) is 0 Å². The molecule has 0 unspecified atom stereocenters. The van der Waals surface area contributed by atoms with Crippen LogP contribution in [0.3, 0.4) is 0 Å². The van der Waals surface area contributed by atoms with E-state index < -0.39 is 0 Å². The maximum Gasteiger partial charge on any atom is 0.302 e. The van der Waals surface area contributed by atoms with Crippen LogP contribution in [0.15, 0.2) is 0 Å². The molecule has 0 spiro atoms. The summed E-state index contributed by atoms with van der Waals surface area (Å²) < 4.78 is 5.83. The summed E-state index contributed by atoms with van der Waals surface area (Å²) in [4.78, 5) is 11.0. The lowest BCUT2D eigenvalue weighted by Gasteiger charge is -2.22. The van der Waals surface area contributed by atoms with Gasteiger partial charge in [-0.25, -0.2) is 0 Å². The monoisotopic (exact) mass is 404 g/mol. The van der Waals surface area contributed by atoms with Crippen LogP contribution in [-0.4, -0.2) is 21.3 Å². The fourth-order valence-corrected chi connectivity index (χ4v) is 2.85. The van der Waals surface area contributed by atoms with Crippen LogP contribution in [0.4, 0.5) is 0 Å². The quantitative estimate of drug-likeness (QED) is 0.245. The molecule has 16 heavy (non-hydrogen) atoms. The van der Waals surface area contributed by atoms with Crippen molar-refractivity contribution in [2.45, 2.75) is 62.4 Å². The largest absolute Gasteiger partial charge is 0.461 e. The Hall–Kier alpha value is 0.680. The van der Waals surface area contributed by atoms with Gasteiger partial charge in [-0.05, 0) is 25.7 Å². The van der Waals surface area contributed by atoms with Gasteiger partial charge in [0, 0.05) is 16.2 Å². The van der Waals surface area contributed by atoms with Crippen LogP contribution in [0.2, 0.25) is 0 Å². The van der Waals surface area contributed by atoms with E-state index in [9.17, 15) is 4.79 Å². The molecule has 0 aliphatic heterocycles. The number of halogens is 2. The van der Waals surface area contributed by atoms with Crippen molar-refractivity contribution >= 4 is 44.5 Å². The molecule has 0 saturated carbocycles. The Balaban J connectivity index is 4.01. The van der Waals surface area contributed by atoms with Gasteiger partial charge in [0.1, 0.15) is 6.10 Å². The third kappa shape index (κ3) is 8.79. The minimum Gasteiger partial charge on any atom is -0.461 e. The highest BCUT2D eigenvalue weighted by molar-refractivity contribution is 14.1. The number of carbonyl (C=O) groups excluding carboxylic acids is 1. The molecule has 4 heteroatoms. The van der Waals surface area contributed by atoms with Crippen LogP contribution in [0.25, 0.3) is 0 Å². The Bertz CT molecular complexity index is 188. The molecular formula is C12H22BrIO2. The maximum atomic E-state index is 11.0. The minimum atomic E-state index is -0.151. The van der Waals surface area contributed by atoms with Crippen molar-refractivity contribution in [3.8, 4) is 0 Å². The number of hydrogen-bond donors (Lipinski definition) is 0. The van der Waals surface area contributed by atoms with E-state index in [1.54, 1.807) is 0 Å². The minimum absolute atomic E-state index is 0.101. The van der Waals surface area contributed by atoms with Crippen LogP contribution in [0.1, 0.15) is 52.4 Å².